The van der Waals surface area contributed by atoms with Crippen LogP contribution in [-0.4, -0.2) is 5.78 Å². The van der Waals surface area contributed by atoms with E-state index in [1.165, 1.54) is 6.42 Å². The fourth-order valence-electron chi connectivity index (χ4n) is 2.90. The first-order valence-electron chi connectivity index (χ1n) is 4.56. The van der Waals surface area contributed by atoms with Gasteiger partial charge in [-0.3, -0.25) is 4.79 Å². The van der Waals surface area contributed by atoms with Gasteiger partial charge in [-0.1, -0.05) is 20.8 Å². The molecule has 62 valence electrons. The van der Waals surface area contributed by atoms with Crippen LogP contribution in [0.15, 0.2) is 0 Å². The van der Waals surface area contributed by atoms with Crippen molar-refractivity contribution in [3.8, 4) is 0 Å². The third kappa shape index (κ3) is 0.743. The summed E-state index contributed by atoms with van der Waals surface area (Å²) in [7, 11) is 0. The molecular weight excluding hydrogens is 136 g/mol. The molecule has 2 bridgehead atoms. The molecule has 3 aliphatic carbocycles. The first kappa shape index (κ1) is 7.33. The molecule has 1 heteroatoms. The smallest absolute Gasteiger partial charge is 0.136 e. The fourth-order valence-corrected chi connectivity index (χ4v) is 2.90. The van der Waals surface area contributed by atoms with E-state index in [0.717, 1.165) is 6.42 Å². The van der Waals surface area contributed by atoms with Crippen LogP contribution in [0.2, 0.25) is 0 Å². The molecule has 3 saturated carbocycles. The minimum Gasteiger partial charge on any atom is -0.299 e. The third-order valence-corrected chi connectivity index (χ3v) is 4.11. The highest BCUT2D eigenvalue weighted by atomic mass is 16.1. The van der Waals surface area contributed by atoms with E-state index in [1.54, 1.807) is 0 Å². The van der Waals surface area contributed by atoms with Crippen molar-refractivity contribution >= 4 is 5.78 Å². The van der Waals surface area contributed by atoms with Crippen LogP contribution in [-0.2, 0) is 4.79 Å². The second-order valence-corrected chi connectivity index (χ2v) is 4.82. The lowest BCUT2D eigenvalue weighted by Gasteiger charge is -2.58. The highest BCUT2D eigenvalue weighted by molar-refractivity contribution is 5.83. The van der Waals surface area contributed by atoms with Crippen LogP contribution in [0, 0.1) is 23.2 Å². The van der Waals surface area contributed by atoms with Crippen LogP contribution in [0.5, 0.6) is 0 Å². The molecule has 0 amide bonds. The summed E-state index contributed by atoms with van der Waals surface area (Å²) < 4.78 is 0. The van der Waals surface area contributed by atoms with Crippen molar-refractivity contribution in [3.05, 3.63) is 0 Å². The van der Waals surface area contributed by atoms with Crippen LogP contribution in [0.3, 0.4) is 0 Å². The van der Waals surface area contributed by atoms with Crippen LogP contribution in [0.4, 0.5) is 0 Å². The number of fused-ring (bicyclic) bond motifs is 2. The Morgan fingerprint density at radius 2 is 2.09 bits per heavy atom. The molecule has 0 heterocycles. The lowest BCUT2D eigenvalue weighted by atomic mass is 9.45. The summed E-state index contributed by atoms with van der Waals surface area (Å²) in [6.07, 6.45) is 2.16. The average Bonchev–Trinajstić information content (AvgIpc) is 1.93. The van der Waals surface area contributed by atoms with Gasteiger partial charge in [0.05, 0.1) is 0 Å². The predicted molar refractivity (Wildman–Crippen MR) is 44.2 cm³/mol. The maximum atomic E-state index is 11.3. The van der Waals surface area contributed by atoms with Crippen molar-refractivity contribution in [2.45, 2.75) is 33.6 Å². The molecule has 0 aromatic heterocycles. The van der Waals surface area contributed by atoms with Gasteiger partial charge in [-0.15, -0.1) is 0 Å². The topological polar surface area (TPSA) is 17.1 Å². The summed E-state index contributed by atoms with van der Waals surface area (Å²) in [4.78, 5) is 11.3. The predicted octanol–water partition coefficient (Wildman–Crippen LogP) is 2.26. The maximum Gasteiger partial charge on any atom is 0.136 e. The Bertz CT molecular complexity index is 205. The first-order chi connectivity index (χ1) is 5.03. The Labute approximate surface area is 68.2 Å². The van der Waals surface area contributed by atoms with Crippen LogP contribution in [0.1, 0.15) is 33.6 Å². The molecule has 3 fully saturated rings. The molecule has 3 atom stereocenters. The van der Waals surface area contributed by atoms with E-state index in [-0.39, 0.29) is 0 Å². The maximum absolute atomic E-state index is 11.3. The van der Waals surface area contributed by atoms with Gasteiger partial charge in [0.1, 0.15) is 5.78 Å². The Hall–Kier alpha value is -0.330. The van der Waals surface area contributed by atoms with Gasteiger partial charge in [-0.25, -0.2) is 0 Å². The number of carbonyl (C=O) groups excluding carboxylic acids is 1. The molecule has 0 spiro atoms. The van der Waals surface area contributed by atoms with Crippen LogP contribution in [0.25, 0.3) is 0 Å². The molecule has 1 nitrogen and oxygen atoms in total. The number of carbonyl (C=O) groups is 1. The van der Waals surface area contributed by atoms with Gasteiger partial charge >= 0.3 is 0 Å². The van der Waals surface area contributed by atoms with Crippen molar-refractivity contribution in [2.24, 2.45) is 23.2 Å². The number of Topliss-reactive ketones (excluding diaryl/α,β-unsaturated/α-hetero) is 1. The number of ketones is 1. The molecule has 0 aromatic rings. The third-order valence-electron chi connectivity index (χ3n) is 4.11. The minimum absolute atomic E-state index is 0.343. The standard InChI is InChI=1S/C10H16O/c1-6-8-4-7(5-9(6)11)10(8,2)3/h6-8H,4-5H2,1-3H3/t6-,7?,8?/m0/s1. The summed E-state index contributed by atoms with van der Waals surface area (Å²) in [5.74, 6) is 2.24. The molecule has 0 N–H and O–H groups in total. The zero-order valence-corrected chi connectivity index (χ0v) is 7.55. The minimum atomic E-state index is 0.343. The highest BCUT2D eigenvalue weighted by Gasteiger charge is 2.55. The first-order valence-corrected chi connectivity index (χ1v) is 4.56. The van der Waals surface area contributed by atoms with E-state index >= 15 is 0 Å². The largest absolute Gasteiger partial charge is 0.299 e. The zero-order valence-electron chi connectivity index (χ0n) is 7.55. The number of hydrogen-bond acceptors (Lipinski definition) is 1. The van der Waals surface area contributed by atoms with Crippen molar-refractivity contribution < 1.29 is 4.79 Å². The van der Waals surface area contributed by atoms with E-state index in [1.807, 2.05) is 0 Å². The van der Waals surface area contributed by atoms with E-state index in [2.05, 4.69) is 20.8 Å². The molecule has 0 saturated heterocycles. The lowest BCUT2D eigenvalue weighted by Crippen LogP contribution is -2.55. The Morgan fingerprint density at radius 3 is 2.45 bits per heavy atom. The van der Waals surface area contributed by atoms with Gasteiger partial charge < -0.3 is 0 Å². The second-order valence-electron chi connectivity index (χ2n) is 4.82. The van der Waals surface area contributed by atoms with Gasteiger partial charge in [0.15, 0.2) is 0 Å². The van der Waals surface area contributed by atoms with Gasteiger partial charge in [0.2, 0.25) is 0 Å². The summed E-state index contributed by atoms with van der Waals surface area (Å²) in [5.41, 5.74) is 0.466. The quantitative estimate of drug-likeness (QED) is 0.520. The Balaban J connectivity index is 2.23. The van der Waals surface area contributed by atoms with E-state index in [4.69, 9.17) is 0 Å². The fraction of sp³-hybridized carbons (Fsp3) is 0.900. The van der Waals surface area contributed by atoms with Gasteiger partial charge in [0.25, 0.3) is 0 Å². The van der Waals surface area contributed by atoms with Gasteiger partial charge in [-0.2, -0.15) is 0 Å². The molecule has 3 rings (SSSR count). The monoisotopic (exact) mass is 152 g/mol. The lowest BCUT2D eigenvalue weighted by molar-refractivity contribution is -0.152. The van der Waals surface area contributed by atoms with Crippen LogP contribution >= 0.6 is 0 Å². The number of rotatable bonds is 0. The van der Waals surface area contributed by atoms with Crippen molar-refractivity contribution in [2.75, 3.05) is 0 Å². The Morgan fingerprint density at radius 1 is 1.45 bits per heavy atom. The van der Waals surface area contributed by atoms with E-state index in [9.17, 15) is 4.79 Å². The highest BCUT2D eigenvalue weighted by Crippen LogP contribution is 2.59. The van der Waals surface area contributed by atoms with Crippen LogP contribution < -0.4 is 0 Å². The molecule has 11 heavy (non-hydrogen) atoms. The summed E-state index contributed by atoms with van der Waals surface area (Å²) in [5, 5.41) is 0. The van der Waals surface area contributed by atoms with Crippen molar-refractivity contribution in [3.63, 3.8) is 0 Å². The molecule has 0 aromatic carbocycles. The zero-order chi connectivity index (χ0) is 8.22. The van der Waals surface area contributed by atoms with Crippen molar-refractivity contribution in [1.29, 1.82) is 0 Å². The van der Waals surface area contributed by atoms with E-state index in [0.29, 0.717) is 29.0 Å². The normalized spacial score (nSPS) is 46.8. The summed E-state index contributed by atoms with van der Waals surface area (Å²) in [6.45, 7) is 6.73. The van der Waals surface area contributed by atoms with Gasteiger partial charge in [0, 0.05) is 12.3 Å². The number of hydrogen-bond donors (Lipinski definition) is 0. The summed E-state index contributed by atoms with van der Waals surface area (Å²) >= 11 is 0. The summed E-state index contributed by atoms with van der Waals surface area (Å²) in [6, 6.07) is 0. The molecule has 2 unspecified atom stereocenters. The van der Waals surface area contributed by atoms with E-state index < -0.39 is 0 Å². The van der Waals surface area contributed by atoms with Gasteiger partial charge in [-0.05, 0) is 23.7 Å². The molecule has 0 radical (unpaired) electrons. The molecular formula is C10H16O. The Kier molecular flexibility index (Phi) is 1.25. The average molecular weight is 152 g/mol. The molecule has 3 aliphatic rings. The SMILES string of the molecule is C[C@@H]1C(=O)CC2CC1C2(C)C. The van der Waals surface area contributed by atoms with Crippen molar-refractivity contribution in [1.82, 2.24) is 0 Å². The second kappa shape index (κ2) is 1.88. The molecule has 0 aliphatic heterocycles.